The summed E-state index contributed by atoms with van der Waals surface area (Å²) in [4.78, 5) is 28.6. The lowest BCUT2D eigenvalue weighted by atomic mass is 10.0. The molecule has 0 saturated heterocycles. The summed E-state index contributed by atoms with van der Waals surface area (Å²) in [6.07, 6.45) is 2.43. The molecule has 0 N–H and O–H groups in total. The Labute approximate surface area is 159 Å². The molecule has 0 saturated carbocycles. The standard InChI is InChI=1S/C21H17F2NO2S/c1-13(25)8-14-2-4-15(5-3-14)20(26)11-21-24-12-18(27-21)9-16-6-7-17(22)10-19(16)23/h2-7,10,12H,8-9,11H2,1H3. The van der Waals surface area contributed by atoms with Gasteiger partial charge >= 0.3 is 0 Å². The molecule has 3 rings (SSSR count). The highest BCUT2D eigenvalue weighted by Crippen LogP contribution is 2.21. The monoisotopic (exact) mass is 385 g/mol. The van der Waals surface area contributed by atoms with Gasteiger partial charge in [0, 0.05) is 35.5 Å². The number of carbonyl (C=O) groups is 2. The van der Waals surface area contributed by atoms with Crippen LogP contribution in [0.25, 0.3) is 0 Å². The first-order chi connectivity index (χ1) is 12.9. The Hall–Kier alpha value is -2.73. The number of halogens is 2. The van der Waals surface area contributed by atoms with E-state index in [1.54, 1.807) is 30.5 Å². The van der Waals surface area contributed by atoms with Gasteiger partial charge in [-0.3, -0.25) is 9.59 Å². The molecule has 0 unspecified atom stereocenters. The Balaban J connectivity index is 1.64. The average Bonchev–Trinajstić information content (AvgIpc) is 3.04. The lowest BCUT2D eigenvalue weighted by Crippen LogP contribution is -2.04. The molecular formula is C21H17F2NO2S. The number of thiazole rings is 1. The van der Waals surface area contributed by atoms with Gasteiger partial charge in [0.2, 0.25) is 0 Å². The minimum atomic E-state index is -0.610. The van der Waals surface area contributed by atoms with Crippen molar-refractivity contribution in [2.24, 2.45) is 0 Å². The SMILES string of the molecule is CC(=O)Cc1ccc(C(=O)Cc2ncc(Cc3ccc(F)cc3F)s2)cc1. The van der Waals surface area contributed by atoms with Gasteiger partial charge in [-0.15, -0.1) is 11.3 Å². The van der Waals surface area contributed by atoms with Crippen LogP contribution in [0.2, 0.25) is 0 Å². The summed E-state index contributed by atoms with van der Waals surface area (Å²) >= 11 is 1.34. The van der Waals surface area contributed by atoms with Crippen LogP contribution in [-0.2, 0) is 24.1 Å². The number of hydrogen-bond acceptors (Lipinski definition) is 4. The van der Waals surface area contributed by atoms with E-state index < -0.39 is 11.6 Å². The van der Waals surface area contributed by atoms with Crippen molar-refractivity contribution in [3.05, 3.63) is 86.9 Å². The van der Waals surface area contributed by atoms with Crippen LogP contribution >= 0.6 is 11.3 Å². The van der Waals surface area contributed by atoms with E-state index in [1.165, 1.54) is 30.4 Å². The lowest BCUT2D eigenvalue weighted by molar-refractivity contribution is -0.116. The first kappa shape index (κ1) is 19.0. The zero-order valence-electron chi connectivity index (χ0n) is 14.7. The van der Waals surface area contributed by atoms with Gasteiger partial charge in [-0.1, -0.05) is 30.3 Å². The second kappa shape index (κ2) is 8.31. The minimum Gasteiger partial charge on any atom is -0.300 e. The molecule has 0 amide bonds. The van der Waals surface area contributed by atoms with E-state index in [1.807, 2.05) is 0 Å². The normalized spacial score (nSPS) is 10.8. The predicted molar refractivity (Wildman–Crippen MR) is 100 cm³/mol. The van der Waals surface area contributed by atoms with Gasteiger partial charge in [0.05, 0.1) is 6.42 Å². The topological polar surface area (TPSA) is 47.0 Å². The van der Waals surface area contributed by atoms with E-state index in [4.69, 9.17) is 0 Å². The Bertz CT molecular complexity index is 980. The number of ketones is 2. The number of rotatable bonds is 7. The summed E-state index contributed by atoms with van der Waals surface area (Å²) in [5.41, 5.74) is 1.82. The van der Waals surface area contributed by atoms with Crippen LogP contribution in [0.15, 0.2) is 48.7 Å². The Morgan fingerprint density at radius 1 is 1.04 bits per heavy atom. The molecule has 0 fully saturated rings. The number of Topliss-reactive ketones (excluding diaryl/α,β-unsaturated/α-hetero) is 2. The molecule has 3 aromatic rings. The molecule has 27 heavy (non-hydrogen) atoms. The highest BCUT2D eigenvalue weighted by atomic mass is 32.1. The summed E-state index contributed by atoms with van der Waals surface area (Å²) in [6.45, 7) is 1.52. The third-order valence-corrected chi connectivity index (χ3v) is 5.02. The molecule has 0 spiro atoms. The van der Waals surface area contributed by atoms with Gasteiger partial charge in [-0.25, -0.2) is 13.8 Å². The maximum atomic E-state index is 13.8. The second-order valence-corrected chi connectivity index (χ2v) is 7.51. The fourth-order valence-corrected chi connectivity index (χ4v) is 3.64. The van der Waals surface area contributed by atoms with Crippen LogP contribution in [0.1, 0.15) is 38.3 Å². The van der Waals surface area contributed by atoms with Gasteiger partial charge in [-0.2, -0.15) is 0 Å². The zero-order chi connectivity index (χ0) is 19.4. The number of benzene rings is 2. The third kappa shape index (κ3) is 5.14. The highest BCUT2D eigenvalue weighted by molar-refractivity contribution is 7.11. The van der Waals surface area contributed by atoms with E-state index >= 15 is 0 Å². The van der Waals surface area contributed by atoms with E-state index in [-0.39, 0.29) is 18.0 Å². The molecule has 0 aliphatic rings. The number of aromatic nitrogens is 1. The fourth-order valence-electron chi connectivity index (χ4n) is 2.70. The van der Waals surface area contributed by atoms with Gasteiger partial charge < -0.3 is 0 Å². The summed E-state index contributed by atoms with van der Waals surface area (Å²) in [5.74, 6) is -1.20. The van der Waals surface area contributed by atoms with Crippen LogP contribution < -0.4 is 0 Å². The van der Waals surface area contributed by atoms with Crippen molar-refractivity contribution in [3.63, 3.8) is 0 Å². The van der Waals surface area contributed by atoms with Crippen LogP contribution in [-0.4, -0.2) is 16.6 Å². The molecule has 0 aliphatic carbocycles. The average molecular weight is 385 g/mol. The predicted octanol–water partition coefficient (Wildman–Crippen LogP) is 4.57. The molecule has 6 heteroatoms. The summed E-state index contributed by atoms with van der Waals surface area (Å²) in [6, 6.07) is 10.5. The molecule has 0 bridgehead atoms. The maximum Gasteiger partial charge on any atom is 0.169 e. The zero-order valence-corrected chi connectivity index (χ0v) is 15.5. The number of hydrogen-bond donors (Lipinski definition) is 0. The van der Waals surface area contributed by atoms with Gasteiger partial charge in [0.25, 0.3) is 0 Å². The molecule has 2 aromatic carbocycles. The molecular weight excluding hydrogens is 368 g/mol. The largest absolute Gasteiger partial charge is 0.300 e. The lowest BCUT2D eigenvalue weighted by Gasteiger charge is -2.02. The first-order valence-electron chi connectivity index (χ1n) is 8.40. The van der Waals surface area contributed by atoms with Crippen molar-refractivity contribution >= 4 is 22.9 Å². The highest BCUT2D eigenvalue weighted by Gasteiger charge is 2.12. The van der Waals surface area contributed by atoms with Crippen molar-refractivity contribution < 1.29 is 18.4 Å². The van der Waals surface area contributed by atoms with E-state index in [2.05, 4.69) is 4.98 Å². The molecule has 138 valence electrons. The molecule has 1 heterocycles. The number of carbonyl (C=O) groups excluding carboxylic acids is 2. The fraction of sp³-hybridized carbons (Fsp3) is 0.190. The van der Waals surface area contributed by atoms with Crippen molar-refractivity contribution in [2.45, 2.75) is 26.2 Å². The molecule has 3 nitrogen and oxygen atoms in total. The van der Waals surface area contributed by atoms with E-state index in [0.717, 1.165) is 16.5 Å². The van der Waals surface area contributed by atoms with Gasteiger partial charge in [0.1, 0.15) is 22.4 Å². The van der Waals surface area contributed by atoms with Crippen molar-refractivity contribution in [3.8, 4) is 0 Å². The van der Waals surface area contributed by atoms with Crippen LogP contribution in [0, 0.1) is 11.6 Å². The van der Waals surface area contributed by atoms with Crippen LogP contribution in [0.3, 0.4) is 0 Å². The van der Waals surface area contributed by atoms with Crippen molar-refractivity contribution in [1.82, 2.24) is 4.98 Å². The van der Waals surface area contributed by atoms with Crippen LogP contribution in [0.4, 0.5) is 8.78 Å². The molecule has 0 radical (unpaired) electrons. The minimum absolute atomic E-state index is 0.0711. The molecule has 1 aromatic heterocycles. The maximum absolute atomic E-state index is 13.8. The second-order valence-electron chi connectivity index (χ2n) is 6.31. The Morgan fingerprint density at radius 3 is 2.44 bits per heavy atom. The summed E-state index contributed by atoms with van der Waals surface area (Å²) in [7, 11) is 0. The van der Waals surface area contributed by atoms with Crippen LogP contribution in [0.5, 0.6) is 0 Å². The van der Waals surface area contributed by atoms with Crippen molar-refractivity contribution in [1.29, 1.82) is 0 Å². The Morgan fingerprint density at radius 2 is 1.78 bits per heavy atom. The summed E-state index contributed by atoms with van der Waals surface area (Å²) in [5, 5.41) is 0.644. The summed E-state index contributed by atoms with van der Waals surface area (Å²) < 4.78 is 26.7. The third-order valence-electron chi connectivity index (χ3n) is 4.02. The molecule has 0 atom stereocenters. The Kier molecular flexibility index (Phi) is 5.86. The van der Waals surface area contributed by atoms with E-state index in [0.29, 0.717) is 29.0 Å². The quantitative estimate of drug-likeness (QED) is 0.560. The first-order valence-corrected chi connectivity index (χ1v) is 9.21. The van der Waals surface area contributed by atoms with Gasteiger partial charge in [0.15, 0.2) is 5.78 Å². The van der Waals surface area contributed by atoms with Gasteiger partial charge in [-0.05, 0) is 24.1 Å². The van der Waals surface area contributed by atoms with Crippen molar-refractivity contribution in [2.75, 3.05) is 0 Å². The smallest absolute Gasteiger partial charge is 0.169 e. The number of nitrogens with zero attached hydrogens (tertiary/aromatic N) is 1. The molecule has 0 aliphatic heterocycles. The van der Waals surface area contributed by atoms with E-state index in [9.17, 15) is 18.4 Å².